The number of aromatic nitrogens is 1. The number of rotatable bonds is 2. The summed E-state index contributed by atoms with van der Waals surface area (Å²) in [5.41, 5.74) is 3.53. The molecule has 0 amide bonds. The number of nitrogens with zero attached hydrogens (tertiary/aromatic N) is 2. The third-order valence-corrected chi connectivity index (χ3v) is 5.41. The normalized spacial score (nSPS) is 30.8. The lowest BCUT2D eigenvalue weighted by molar-refractivity contribution is -0.00340. The number of allylic oxidation sites excluding steroid dienone is 1. The quantitative estimate of drug-likeness (QED) is 0.863. The van der Waals surface area contributed by atoms with Crippen LogP contribution >= 0.6 is 0 Å². The monoisotopic (exact) mass is 294 g/mol. The number of pyridine rings is 1. The summed E-state index contributed by atoms with van der Waals surface area (Å²) in [5, 5.41) is 12.1. The SMILES string of the molecule is C/C=C1\CN2CC[C@H]1CC2[C@@H](O)c1ccnc2ccccc12. The fraction of sp³-hybridized carbons (Fsp3) is 0.421. The lowest BCUT2D eigenvalue weighted by Crippen LogP contribution is -2.52. The summed E-state index contributed by atoms with van der Waals surface area (Å²) in [4.78, 5) is 6.86. The zero-order chi connectivity index (χ0) is 15.1. The Morgan fingerprint density at radius 2 is 2.18 bits per heavy atom. The number of benzene rings is 1. The molecule has 2 unspecified atom stereocenters. The van der Waals surface area contributed by atoms with Crippen LogP contribution in [0.4, 0.5) is 0 Å². The van der Waals surface area contributed by atoms with Crippen LogP contribution < -0.4 is 0 Å². The van der Waals surface area contributed by atoms with Gasteiger partial charge in [-0.15, -0.1) is 0 Å². The van der Waals surface area contributed by atoms with Crippen molar-refractivity contribution in [1.82, 2.24) is 9.88 Å². The van der Waals surface area contributed by atoms with Crippen LogP contribution in [0.15, 0.2) is 48.2 Å². The first-order chi connectivity index (χ1) is 10.8. The molecule has 0 radical (unpaired) electrons. The Kier molecular flexibility index (Phi) is 3.47. The zero-order valence-corrected chi connectivity index (χ0v) is 12.9. The minimum Gasteiger partial charge on any atom is -0.387 e. The molecule has 0 spiro atoms. The molecule has 3 aliphatic heterocycles. The minimum atomic E-state index is -0.436. The van der Waals surface area contributed by atoms with Crippen LogP contribution in [-0.2, 0) is 0 Å². The summed E-state index contributed by atoms with van der Waals surface area (Å²) in [5.74, 6) is 0.655. The molecule has 2 aromatic rings. The van der Waals surface area contributed by atoms with E-state index in [9.17, 15) is 5.11 Å². The Morgan fingerprint density at radius 3 is 2.95 bits per heavy atom. The Bertz CT molecular complexity index is 719. The van der Waals surface area contributed by atoms with Crippen molar-refractivity contribution in [1.29, 1.82) is 0 Å². The van der Waals surface area contributed by atoms with Crippen molar-refractivity contribution in [2.45, 2.75) is 31.9 Å². The maximum atomic E-state index is 11.0. The van der Waals surface area contributed by atoms with Crippen LogP contribution in [0.1, 0.15) is 31.4 Å². The number of aliphatic hydroxyl groups is 1. The molecule has 22 heavy (non-hydrogen) atoms. The molecule has 5 rings (SSSR count). The molecular weight excluding hydrogens is 272 g/mol. The van der Waals surface area contributed by atoms with Gasteiger partial charge in [-0.05, 0) is 49.9 Å². The van der Waals surface area contributed by atoms with E-state index in [0.29, 0.717) is 5.92 Å². The molecule has 3 heteroatoms. The predicted molar refractivity (Wildman–Crippen MR) is 88.5 cm³/mol. The highest BCUT2D eigenvalue weighted by Crippen LogP contribution is 2.41. The van der Waals surface area contributed by atoms with E-state index in [1.165, 1.54) is 6.42 Å². The van der Waals surface area contributed by atoms with E-state index in [1.54, 1.807) is 5.57 Å². The van der Waals surface area contributed by atoms with Gasteiger partial charge in [0.25, 0.3) is 0 Å². The molecular formula is C19H22N2O. The lowest BCUT2D eigenvalue weighted by atomic mass is 9.76. The van der Waals surface area contributed by atoms with Gasteiger partial charge in [0, 0.05) is 24.2 Å². The second kappa shape index (κ2) is 5.49. The van der Waals surface area contributed by atoms with Gasteiger partial charge in [0.05, 0.1) is 11.6 Å². The molecule has 1 aromatic carbocycles. The summed E-state index contributed by atoms with van der Waals surface area (Å²) in [6, 6.07) is 10.3. The highest BCUT2D eigenvalue weighted by Gasteiger charge is 2.40. The van der Waals surface area contributed by atoms with E-state index in [1.807, 2.05) is 30.5 Å². The van der Waals surface area contributed by atoms with E-state index in [-0.39, 0.29) is 6.04 Å². The van der Waals surface area contributed by atoms with Gasteiger partial charge in [-0.3, -0.25) is 9.88 Å². The Morgan fingerprint density at radius 1 is 1.32 bits per heavy atom. The highest BCUT2D eigenvalue weighted by atomic mass is 16.3. The first-order valence-electron chi connectivity index (χ1n) is 8.19. The third-order valence-electron chi connectivity index (χ3n) is 5.41. The van der Waals surface area contributed by atoms with Gasteiger partial charge in [0.15, 0.2) is 0 Å². The molecule has 114 valence electrons. The van der Waals surface area contributed by atoms with Gasteiger partial charge < -0.3 is 5.11 Å². The third kappa shape index (κ3) is 2.16. The number of fused-ring (bicyclic) bond motifs is 4. The first-order valence-corrected chi connectivity index (χ1v) is 8.19. The Hall–Kier alpha value is -1.71. The topological polar surface area (TPSA) is 36.4 Å². The molecule has 3 aliphatic rings. The first kappa shape index (κ1) is 13.9. The molecule has 3 saturated heterocycles. The summed E-state index contributed by atoms with van der Waals surface area (Å²) in [6.45, 7) is 4.26. The van der Waals surface area contributed by atoms with Gasteiger partial charge in [-0.2, -0.15) is 0 Å². The molecule has 1 aromatic heterocycles. The largest absolute Gasteiger partial charge is 0.387 e. The maximum Gasteiger partial charge on any atom is 0.0952 e. The fourth-order valence-corrected chi connectivity index (χ4v) is 4.18. The molecule has 4 heterocycles. The minimum absolute atomic E-state index is 0.230. The number of hydrogen-bond acceptors (Lipinski definition) is 3. The van der Waals surface area contributed by atoms with E-state index in [2.05, 4.69) is 29.0 Å². The van der Waals surface area contributed by atoms with Crippen LogP contribution in [0.5, 0.6) is 0 Å². The number of para-hydroxylation sites is 1. The van der Waals surface area contributed by atoms with Crippen molar-refractivity contribution in [2.75, 3.05) is 13.1 Å². The molecule has 0 saturated carbocycles. The smallest absolute Gasteiger partial charge is 0.0952 e. The van der Waals surface area contributed by atoms with Crippen molar-refractivity contribution in [3.8, 4) is 0 Å². The van der Waals surface area contributed by atoms with Crippen molar-refractivity contribution in [3.63, 3.8) is 0 Å². The average Bonchev–Trinajstić information content (AvgIpc) is 2.60. The molecule has 4 atom stereocenters. The van der Waals surface area contributed by atoms with Crippen molar-refractivity contribution in [2.24, 2.45) is 5.92 Å². The maximum absolute atomic E-state index is 11.0. The zero-order valence-electron chi connectivity index (χ0n) is 12.9. The van der Waals surface area contributed by atoms with Gasteiger partial charge in [0.2, 0.25) is 0 Å². The van der Waals surface area contributed by atoms with E-state index >= 15 is 0 Å². The second-order valence-corrected chi connectivity index (χ2v) is 6.48. The highest BCUT2D eigenvalue weighted by molar-refractivity contribution is 5.82. The molecule has 3 nitrogen and oxygen atoms in total. The van der Waals surface area contributed by atoms with Gasteiger partial charge >= 0.3 is 0 Å². The molecule has 0 aliphatic carbocycles. The van der Waals surface area contributed by atoms with Gasteiger partial charge in [-0.25, -0.2) is 0 Å². The molecule has 1 N–H and O–H groups in total. The fourth-order valence-electron chi connectivity index (χ4n) is 4.18. The Balaban J connectivity index is 1.68. The number of aliphatic hydroxyl groups excluding tert-OH is 1. The summed E-state index contributed by atoms with van der Waals surface area (Å²) in [6.07, 6.45) is 5.95. The summed E-state index contributed by atoms with van der Waals surface area (Å²) >= 11 is 0. The predicted octanol–water partition coefficient (Wildman–Crippen LogP) is 3.31. The van der Waals surface area contributed by atoms with Crippen molar-refractivity contribution >= 4 is 10.9 Å². The average molecular weight is 294 g/mol. The molecule has 3 fully saturated rings. The van der Waals surface area contributed by atoms with Crippen LogP contribution in [0.2, 0.25) is 0 Å². The van der Waals surface area contributed by atoms with Gasteiger partial charge in [0.1, 0.15) is 0 Å². The van der Waals surface area contributed by atoms with Crippen LogP contribution in [0, 0.1) is 5.92 Å². The van der Waals surface area contributed by atoms with E-state index in [4.69, 9.17) is 0 Å². The summed E-state index contributed by atoms with van der Waals surface area (Å²) in [7, 11) is 0. The Labute approximate surface area is 131 Å². The lowest BCUT2D eigenvalue weighted by Gasteiger charge is -2.48. The molecule has 2 bridgehead atoms. The van der Waals surface area contributed by atoms with Crippen molar-refractivity contribution < 1.29 is 5.11 Å². The van der Waals surface area contributed by atoms with Crippen LogP contribution in [0.25, 0.3) is 10.9 Å². The number of piperidine rings is 3. The van der Waals surface area contributed by atoms with Crippen molar-refractivity contribution in [3.05, 3.63) is 53.7 Å². The second-order valence-electron chi connectivity index (χ2n) is 6.48. The standard InChI is InChI=1S/C19H22N2O/c1-2-13-12-21-10-8-14(13)11-18(21)19(22)16-7-9-20-17-6-4-3-5-15(16)17/h2-7,9,14,18-19,22H,8,10-12H2,1H3/b13-2+/t14-,18?,19-/m0/s1. The number of hydrogen-bond donors (Lipinski definition) is 1. The van der Waals surface area contributed by atoms with E-state index < -0.39 is 6.10 Å². The van der Waals surface area contributed by atoms with E-state index in [0.717, 1.165) is 36.0 Å². The van der Waals surface area contributed by atoms with Crippen LogP contribution in [-0.4, -0.2) is 34.1 Å². The van der Waals surface area contributed by atoms with Crippen LogP contribution in [0.3, 0.4) is 0 Å². The summed E-state index contributed by atoms with van der Waals surface area (Å²) < 4.78 is 0. The van der Waals surface area contributed by atoms with Gasteiger partial charge in [-0.1, -0.05) is 29.8 Å².